The Kier molecular flexibility index (Phi) is 6.02. The third-order valence-electron chi connectivity index (χ3n) is 3.78. The Morgan fingerprint density at radius 1 is 1.12 bits per heavy atom. The average Bonchev–Trinajstić information content (AvgIpc) is 2.50. The van der Waals surface area contributed by atoms with Crippen molar-refractivity contribution >= 4 is 22.8 Å². The minimum atomic E-state index is -0.945. The van der Waals surface area contributed by atoms with Gasteiger partial charge in [-0.1, -0.05) is 42.5 Å². The van der Waals surface area contributed by atoms with Crippen LogP contribution in [0.5, 0.6) is 0 Å². The number of alkyl carbamates (subject to hydrolysis) is 1. The number of fused-ring (bicyclic) bond motifs is 1. The van der Waals surface area contributed by atoms with E-state index in [4.69, 9.17) is 9.84 Å². The van der Waals surface area contributed by atoms with Crippen molar-refractivity contribution in [3.63, 3.8) is 0 Å². The molecule has 134 valence electrons. The van der Waals surface area contributed by atoms with Crippen molar-refractivity contribution in [2.24, 2.45) is 0 Å². The second kappa shape index (κ2) is 8.01. The monoisotopic (exact) mass is 343 g/mol. The summed E-state index contributed by atoms with van der Waals surface area (Å²) in [6, 6.07) is 13.7. The molecule has 2 aromatic carbocycles. The van der Waals surface area contributed by atoms with Gasteiger partial charge in [0.25, 0.3) is 0 Å². The zero-order chi connectivity index (χ0) is 18.4. The van der Waals surface area contributed by atoms with Crippen LogP contribution in [-0.4, -0.2) is 28.8 Å². The predicted molar refractivity (Wildman–Crippen MR) is 97.7 cm³/mol. The maximum Gasteiger partial charge on any atom is 0.407 e. The number of hydrogen-bond donors (Lipinski definition) is 2. The van der Waals surface area contributed by atoms with Crippen LogP contribution in [0.4, 0.5) is 4.79 Å². The molecule has 0 heterocycles. The third-order valence-corrected chi connectivity index (χ3v) is 3.78. The minimum Gasteiger partial charge on any atom is -0.481 e. The van der Waals surface area contributed by atoms with Crippen LogP contribution in [0.1, 0.15) is 39.2 Å². The van der Waals surface area contributed by atoms with Crippen LogP contribution in [-0.2, 0) is 16.0 Å². The molecule has 2 rings (SSSR count). The average molecular weight is 343 g/mol. The summed E-state index contributed by atoms with van der Waals surface area (Å²) in [5, 5.41) is 14.1. The Balaban J connectivity index is 2.06. The first-order valence-electron chi connectivity index (χ1n) is 8.42. The van der Waals surface area contributed by atoms with Gasteiger partial charge < -0.3 is 15.2 Å². The van der Waals surface area contributed by atoms with Crippen LogP contribution in [0.25, 0.3) is 10.8 Å². The van der Waals surface area contributed by atoms with Gasteiger partial charge in [-0.2, -0.15) is 0 Å². The molecule has 0 fully saturated rings. The Labute approximate surface area is 148 Å². The van der Waals surface area contributed by atoms with E-state index in [0.717, 1.165) is 16.3 Å². The van der Waals surface area contributed by atoms with Crippen LogP contribution < -0.4 is 5.32 Å². The van der Waals surface area contributed by atoms with Crippen LogP contribution in [0.3, 0.4) is 0 Å². The number of hydrogen-bond acceptors (Lipinski definition) is 3. The molecule has 0 saturated heterocycles. The Hall–Kier alpha value is -2.56. The third kappa shape index (κ3) is 6.10. The number of aliphatic carboxylic acids is 1. The number of nitrogens with one attached hydrogen (secondary N) is 1. The van der Waals surface area contributed by atoms with Crippen LogP contribution in [0.2, 0.25) is 0 Å². The summed E-state index contributed by atoms with van der Waals surface area (Å²) in [5.41, 5.74) is 0.521. The molecule has 0 saturated carbocycles. The largest absolute Gasteiger partial charge is 0.481 e. The Bertz CT molecular complexity index is 743. The van der Waals surface area contributed by atoms with Gasteiger partial charge in [-0.25, -0.2) is 4.79 Å². The second-order valence-electron chi connectivity index (χ2n) is 7.12. The second-order valence-corrected chi connectivity index (χ2v) is 7.12. The van der Waals surface area contributed by atoms with E-state index in [9.17, 15) is 9.59 Å². The molecule has 5 heteroatoms. The topological polar surface area (TPSA) is 75.6 Å². The van der Waals surface area contributed by atoms with Crippen molar-refractivity contribution in [2.45, 2.75) is 51.7 Å². The van der Waals surface area contributed by atoms with E-state index in [2.05, 4.69) is 11.4 Å². The molecule has 2 aromatic rings. The van der Waals surface area contributed by atoms with E-state index in [1.807, 2.05) is 36.4 Å². The number of amides is 1. The highest BCUT2D eigenvalue weighted by Crippen LogP contribution is 2.20. The number of benzene rings is 2. The molecule has 0 aliphatic rings. The number of carboxylic acid groups (broad SMARTS) is 1. The molecule has 0 spiro atoms. The fraction of sp³-hybridized carbons (Fsp3) is 0.400. The quantitative estimate of drug-likeness (QED) is 0.826. The highest BCUT2D eigenvalue weighted by molar-refractivity contribution is 5.85. The molecule has 0 bridgehead atoms. The summed E-state index contributed by atoms with van der Waals surface area (Å²) in [4.78, 5) is 23.1. The van der Waals surface area contributed by atoms with Crippen LogP contribution in [0.15, 0.2) is 42.5 Å². The summed E-state index contributed by atoms with van der Waals surface area (Å²) >= 11 is 0. The summed E-state index contributed by atoms with van der Waals surface area (Å²) in [6.45, 7) is 5.32. The maximum absolute atomic E-state index is 11.9. The first-order valence-corrected chi connectivity index (χ1v) is 8.42. The normalized spacial score (nSPS) is 12.6. The van der Waals surface area contributed by atoms with E-state index in [1.165, 1.54) is 0 Å². The van der Waals surface area contributed by atoms with Gasteiger partial charge in [0.1, 0.15) is 5.60 Å². The number of ether oxygens (including phenoxy) is 1. The molecule has 0 aliphatic heterocycles. The lowest BCUT2D eigenvalue weighted by molar-refractivity contribution is -0.137. The first kappa shape index (κ1) is 18.8. The van der Waals surface area contributed by atoms with Gasteiger partial charge in [0.15, 0.2) is 0 Å². The Morgan fingerprint density at radius 2 is 1.80 bits per heavy atom. The molecule has 25 heavy (non-hydrogen) atoms. The SMILES string of the molecule is CC(C)(C)OC(=O)NC(CCc1cccc2ccccc12)CC(=O)O. The van der Waals surface area contributed by atoms with Gasteiger partial charge in [0, 0.05) is 6.04 Å². The van der Waals surface area contributed by atoms with Gasteiger partial charge in [-0.15, -0.1) is 0 Å². The fourth-order valence-electron chi connectivity index (χ4n) is 2.75. The molecule has 0 aromatic heterocycles. The fourth-order valence-corrected chi connectivity index (χ4v) is 2.75. The Morgan fingerprint density at radius 3 is 2.48 bits per heavy atom. The van der Waals surface area contributed by atoms with Crippen molar-refractivity contribution in [2.75, 3.05) is 0 Å². The number of aryl methyl sites for hydroxylation is 1. The standard InChI is InChI=1S/C20H25NO4/c1-20(2,3)25-19(24)21-16(13-18(22)23)12-11-15-9-6-8-14-7-4-5-10-17(14)15/h4-10,16H,11-13H2,1-3H3,(H,21,24)(H,22,23). The van der Waals surface area contributed by atoms with E-state index in [-0.39, 0.29) is 6.42 Å². The van der Waals surface area contributed by atoms with Gasteiger partial charge in [0.2, 0.25) is 0 Å². The van der Waals surface area contributed by atoms with Crippen molar-refractivity contribution in [3.05, 3.63) is 48.0 Å². The van der Waals surface area contributed by atoms with Crippen molar-refractivity contribution in [3.8, 4) is 0 Å². The van der Waals surface area contributed by atoms with Gasteiger partial charge in [-0.3, -0.25) is 4.79 Å². The number of carboxylic acids is 1. The number of rotatable bonds is 6. The summed E-state index contributed by atoms with van der Waals surface area (Å²) in [7, 11) is 0. The smallest absolute Gasteiger partial charge is 0.407 e. The van der Waals surface area contributed by atoms with Crippen molar-refractivity contribution < 1.29 is 19.4 Å². The van der Waals surface area contributed by atoms with Crippen LogP contribution in [0, 0.1) is 0 Å². The molecular weight excluding hydrogens is 318 g/mol. The van der Waals surface area contributed by atoms with Crippen molar-refractivity contribution in [1.29, 1.82) is 0 Å². The molecule has 5 nitrogen and oxygen atoms in total. The van der Waals surface area contributed by atoms with E-state index >= 15 is 0 Å². The predicted octanol–water partition coefficient (Wildman–Crippen LogP) is 4.14. The van der Waals surface area contributed by atoms with Gasteiger partial charge in [-0.05, 0) is 49.9 Å². The lowest BCUT2D eigenvalue weighted by atomic mass is 9.98. The van der Waals surface area contributed by atoms with E-state index in [0.29, 0.717) is 12.8 Å². The maximum atomic E-state index is 11.9. The summed E-state index contributed by atoms with van der Waals surface area (Å²) in [5.74, 6) is -0.945. The number of carbonyl (C=O) groups is 2. The molecule has 0 radical (unpaired) electrons. The minimum absolute atomic E-state index is 0.135. The molecular formula is C20H25NO4. The van der Waals surface area contributed by atoms with Crippen LogP contribution >= 0.6 is 0 Å². The highest BCUT2D eigenvalue weighted by Gasteiger charge is 2.21. The molecule has 2 N–H and O–H groups in total. The highest BCUT2D eigenvalue weighted by atomic mass is 16.6. The van der Waals surface area contributed by atoms with E-state index < -0.39 is 23.7 Å². The van der Waals surface area contributed by atoms with Gasteiger partial charge in [0.05, 0.1) is 6.42 Å². The molecule has 1 amide bonds. The van der Waals surface area contributed by atoms with Gasteiger partial charge >= 0.3 is 12.1 Å². The van der Waals surface area contributed by atoms with E-state index in [1.54, 1.807) is 20.8 Å². The van der Waals surface area contributed by atoms with Crippen molar-refractivity contribution in [1.82, 2.24) is 5.32 Å². The zero-order valence-electron chi connectivity index (χ0n) is 14.9. The molecule has 1 unspecified atom stereocenters. The first-order chi connectivity index (χ1) is 11.7. The molecule has 1 atom stereocenters. The lowest BCUT2D eigenvalue weighted by Gasteiger charge is -2.23. The zero-order valence-corrected chi connectivity index (χ0v) is 14.9. The number of carbonyl (C=O) groups excluding carboxylic acids is 1. The lowest BCUT2D eigenvalue weighted by Crippen LogP contribution is -2.40. The summed E-state index contributed by atoms with van der Waals surface area (Å²) in [6.07, 6.45) is 0.482. The summed E-state index contributed by atoms with van der Waals surface area (Å²) < 4.78 is 5.23. The molecule has 0 aliphatic carbocycles.